The molecule has 3 rings (SSSR count). The van der Waals surface area contributed by atoms with E-state index in [9.17, 15) is 9.18 Å². The van der Waals surface area contributed by atoms with Gasteiger partial charge in [-0.1, -0.05) is 41.9 Å². The minimum Gasteiger partial charge on any atom is -0.349 e. The lowest BCUT2D eigenvalue weighted by Gasteiger charge is -2.15. The zero-order chi connectivity index (χ0) is 15.7. The van der Waals surface area contributed by atoms with Crippen molar-refractivity contribution >= 4 is 17.5 Å². The Labute approximate surface area is 134 Å². The zero-order valence-corrected chi connectivity index (χ0v) is 13.0. The summed E-state index contributed by atoms with van der Waals surface area (Å²) in [6.45, 7) is 1.92. The number of halogens is 2. The summed E-state index contributed by atoms with van der Waals surface area (Å²) >= 11 is 6.15. The van der Waals surface area contributed by atoms with Crippen LogP contribution < -0.4 is 5.32 Å². The molecule has 1 aliphatic rings. The average molecular weight is 318 g/mol. The summed E-state index contributed by atoms with van der Waals surface area (Å²) in [5.74, 6) is -0.0612. The van der Waals surface area contributed by atoms with E-state index >= 15 is 0 Å². The Hall–Kier alpha value is -1.87. The third kappa shape index (κ3) is 3.14. The van der Waals surface area contributed by atoms with E-state index in [4.69, 9.17) is 11.6 Å². The van der Waals surface area contributed by atoms with E-state index in [-0.39, 0.29) is 29.6 Å². The van der Waals surface area contributed by atoms with Crippen LogP contribution in [0.15, 0.2) is 48.5 Å². The Morgan fingerprint density at radius 3 is 2.59 bits per heavy atom. The first-order chi connectivity index (χ1) is 10.6. The molecular formula is C18H17ClFNO. The third-order valence-electron chi connectivity index (χ3n) is 4.16. The summed E-state index contributed by atoms with van der Waals surface area (Å²) in [7, 11) is 0. The Morgan fingerprint density at radius 1 is 1.23 bits per heavy atom. The van der Waals surface area contributed by atoms with Crippen molar-refractivity contribution in [3.8, 4) is 0 Å². The maximum atomic E-state index is 12.9. The number of rotatable bonds is 4. The Morgan fingerprint density at radius 2 is 1.91 bits per heavy atom. The van der Waals surface area contributed by atoms with Crippen molar-refractivity contribution in [1.29, 1.82) is 0 Å². The molecule has 114 valence electrons. The van der Waals surface area contributed by atoms with Crippen LogP contribution in [0, 0.1) is 11.7 Å². The standard InChI is InChI=1S/C18H17ClFNO/c1-11(14-4-2-3-5-17(14)19)21-18(22)16-10-15(16)12-6-8-13(20)9-7-12/h2-9,11,15-16H,10H2,1H3,(H,21,22). The summed E-state index contributed by atoms with van der Waals surface area (Å²) in [6.07, 6.45) is 0.812. The van der Waals surface area contributed by atoms with Gasteiger partial charge in [0, 0.05) is 10.9 Å². The van der Waals surface area contributed by atoms with Gasteiger partial charge in [-0.2, -0.15) is 0 Å². The van der Waals surface area contributed by atoms with E-state index in [1.807, 2.05) is 31.2 Å². The van der Waals surface area contributed by atoms with Gasteiger partial charge in [0.1, 0.15) is 5.82 Å². The molecular weight excluding hydrogens is 301 g/mol. The highest BCUT2D eigenvalue weighted by Gasteiger charge is 2.44. The van der Waals surface area contributed by atoms with E-state index in [2.05, 4.69) is 5.32 Å². The van der Waals surface area contributed by atoms with Gasteiger partial charge in [-0.05, 0) is 48.6 Å². The maximum absolute atomic E-state index is 12.9. The van der Waals surface area contributed by atoms with Crippen molar-refractivity contribution in [2.24, 2.45) is 5.92 Å². The third-order valence-corrected chi connectivity index (χ3v) is 4.50. The van der Waals surface area contributed by atoms with Crippen LogP contribution in [-0.2, 0) is 4.79 Å². The minimum atomic E-state index is -0.252. The predicted molar refractivity (Wildman–Crippen MR) is 85.3 cm³/mol. The SMILES string of the molecule is CC(NC(=O)C1CC1c1ccc(F)cc1)c1ccccc1Cl. The first-order valence-electron chi connectivity index (χ1n) is 7.36. The molecule has 4 heteroatoms. The molecule has 2 nitrogen and oxygen atoms in total. The molecule has 0 spiro atoms. The van der Waals surface area contributed by atoms with Gasteiger partial charge in [0.05, 0.1) is 6.04 Å². The first kappa shape index (κ1) is 15.0. The van der Waals surface area contributed by atoms with Crippen LogP contribution in [0.1, 0.15) is 36.4 Å². The lowest BCUT2D eigenvalue weighted by atomic mass is 10.1. The average Bonchev–Trinajstić information content (AvgIpc) is 3.29. The van der Waals surface area contributed by atoms with Gasteiger partial charge in [0.15, 0.2) is 0 Å². The van der Waals surface area contributed by atoms with Gasteiger partial charge in [0.25, 0.3) is 0 Å². The van der Waals surface area contributed by atoms with Gasteiger partial charge < -0.3 is 5.32 Å². The number of amides is 1. The van der Waals surface area contributed by atoms with E-state index in [1.165, 1.54) is 12.1 Å². The quantitative estimate of drug-likeness (QED) is 0.886. The monoisotopic (exact) mass is 317 g/mol. The maximum Gasteiger partial charge on any atom is 0.224 e. The molecule has 2 aromatic rings. The fraction of sp³-hybridized carbons (Fsp3) is 0.278. The first-order valence-corrected chi connectivity index (χ1v) is 7.74. The highest BCUT2D eigenvalue weighted by Crippen LogP contribution is 2.47. The predicted octanol–water partition coefficient (Wildman–Crippen LogP) is 4.46. The molecule has 0 saturated heterocycles. The molecule has 0 aliphatic heterocycles. The Kier molecular flexibility index (Phi) is 4.16. The second-order valence-electron chi connectivity index (χ2n) is 5.75. The Balaban J connectivity index is 1.62. The van der Waals surface area contributed by atoms with Crippen molar-refractivity contribution in [3.63, 3.8) is 0 Å². The van der Waals surface area contributed by atoms with Crippen LogP contribution in [0.3, 0.4) is 0 Å². The largest absolute Gasteiger partial charge is 0.349 e. The molecule has 3 unspecified atom stereocenters. The van der Waals surface area contributed by atoms with Crippen LogP contribution in [0.25, 0.3) is 0 Å². The summed E-state index contributed by atoms with van der Waals surface area (Å²) in [5, 5.41) is 3.67. The smallest absolute Gasteiger partial charge is 0.224 e. The Bertz CT molecular complexity index is 686. The summed E-state index contributed by atoms with van der Waals surface area (Å²) in [6, 6.07) is 13.8. The van der Waals surface area contributed by atoms with Crippen LogP contribution >= 0.6 is 11.6 Å². The molecule has 22 heavy (non-hydrogen) atoms. The highest BCUT2D eigenvalue weighted by atomic mass is 35.5. The molecule has 2 aromatic carbocycles. The summed E-state index contributed by atoms with van der Waals surface area (Å²) in [4.78, 5) is 12.3. The normalized spacial score (nSPS) is 21.2. The van der Waals surface area contributed by atoms with Gasteiger partial charge in [-0.15, -0.1) is 0 Å². The lowest BCUT2D eigenvalue weighted by molar-refractivity contribution is -0.123. The highest BCUT2D eigenvalue weighted by molar-refractivity contribution is 6.31. The van der Waals surface area contributed by atoms with Crippen LogP contribution in [-0.4, -0.2) is 5.91 Å². The van der Waals surface area contributed by atoms with Crippen molar-refractivity contribution < 1.29 is 9.18 Å². The number of hydrogen-bond acceptors (Lipinski definition) is 1. The van der Waals surface area contributed by atoms with Gasteiger partial charge >= 0.3 is 0 Å². The van der Waals surface area contributed by atoms with Crippen LogP contribution in [0.5, 0.6) is 0 Å². The second kappa shape index (κ2) is 6.09. The molecule has 1 N–H and O–H groups in total. The van der Waals surface area contributed by atoms with E-state index in [1.54, 1.807) is 12.1 Å². The molecule has 0 heterocycles. The molecule has 0 aromatic heterocycles. The van der Waals surface area contributed by atoms with Crippen LogP contribution in [0.2, 0.25) is 5.02 Å². The molecule has 1 amide bonds. The molecule has 0 radical (unpaired) electrons. The summed E-state index contributed by atoms with van der Waals surface area (Å²) in [5.41, 5.74) is 1.93. The van der Waals surface area contributed by atoms with Crippen molar-refractivity contribution in [3.05, 3.63) is 70.5 Å². The van der Waals surface area contributed by atoms with Crippen molar-refractivity contribution in [2.45, 2.75) is 25.3 Å². The van der Waals surface area contributed by atoms with E-state index < -0.39 is 0 Å². The van der Waals surface area contributed by atoms with Gasteiger partial charge in [-0.3, -0.25) is 4.79 Å². The number of carbonyl (C=O) groups excluding carboxylic acids is 1. The molecule has 1 saturated carbocycles. The van der Waals surface area contributed by atoms with Crippen LogP contribution in [0.4, 0.5) is 4.39 Å². The molecule has 1 aliphatic carbocycles. The fourth-order valence-electron chi connectivity index (χ4n) is 2.79. The number of carbonyl (C=O) groups is 1. The fourth-order valence-corrected chi connectivity index (χ4v) is 3.09. The summed E-state index contributed by atoms with van der Waals surface area (Å²) < 4.78 is 12.9. The topological polar surface area (TPSA) is 29.1 Å². The molecule has 1 fully saturated rings. The zero-order valence-electron chi connectivity index (χ0n) is 12.2. The minimum absolute atomic E-state index is 0.0294. The second-order valence-corrected chi connectivity index (χ2v) is 6.16. The van der Waals surface area contributed by atoms with Crippen molar-refractivity contribution in [2.75, 3.05) is 0 Å². The number of hydrogen-bond donors (Lipinski definition) is 1. The van der Waals surface area contributed by atoms with E-state index in [0.29, 0.717) is 5.02 Å². The number of benzene rings is 2. The van der Waals surface area contributed by atoms with E-state index in [0.717, 1.165) is 17.5 Å². The molecule has 0 bridgehead atoms. The lowest BCUT2D eigenvalue weighted by Crippen LogP contribution is -2.28. The van der Waals surface area contributed by atoms with Gasteiger partial charge in [-0.25, -0.2) is 4.39 Å². The van der Waals surface area contributed by atoms with Gasteiger partial charge in [0.2, 0.25) is 5.91 Å². The number of nitrogens with one attached hydrogen (secondary N) is 1. The van der Waals surface area contributed by atoms with Crippen molar-refractivity contribution in [1.82, 2.24) is 5.32 Å². The molecule has 3 atom stereocenters.